The van der Waals surface area contributed by atoms with E-state index in [1.165, 1.54) is 57.8 Å². The Kier molecular flexibility index (Phi) is 4.66. The van der Waals surface area contributed by atoms with Crippen molar-refractivity contribution in [2.75, 3.05) is 0 Å². The summed E-state index contributed by atoms with van der Waals surface area (Å²) in [4.78, 5) is 0. The largest absolute Gasteiger partial charge is 0.393 e. The normalized spacial score (nSPS) is 55.2. The summed E-state index contributed by atoms with van der Waals surface area (Å²) < 4.78 is 0. The number of rotatable bonds is 0. The first kappa shape index (κ1) is 22.5. The van der Waals surface area contributed by atoms with E-state index in [2.05, 4.69) is 61.5 Å². The van der Waals surface area contributed by atoms with Gasteiger partial charge in [0.2, 0.25) is 0 Å². The van der Waals surface area contributed by atoms with Crippen LogP contribution in [0, 0.1) is 50.2 Å². The number of fused-ring (bicyclic) bond motifs is 7. The monoisotopic (exact) mass is 426 g/mol. The first-order chi connectivity index (χ1) is 14.2. The van der Waals surface area contributed by atoms with E-state index < -0.39 is 0 Å². The van der Waals surface area contributed by atoms with Crippen LogP contribution in [-0.4, -0.2) is 11.2 Å². The Bertz CT molecular complexity index is 790. The molecule has 4 fully saturated rings. The standard InChI is InChI=1S/C30H50O/c1-25(2)16-17-27(5)14-10-21-28(6,23(27)19-25)15-11-22-29(7)13-9-12-26(3,4)24(29)20(31)18-30(21,22)8/h10,20,22-24,31H,9,11-19H2,1-8H3/t20-,22+,23+,24-,27-,28+,29+,30-/m0/s1. The molecule has 4 saturated carbocycles. The topological polar surface area (TPSA) is 20.2 Å². The summed E-state index contributed by atoms with van der Waals surface area (Å²) in [5.41, 5.74) is 3.77. The summed E-state index contributed by atoms with van der Waals surface area (Å²) in [6, 6.07) is 0. The minimum absolute atomic E-state index is 0.152. The molecule has 0 spiro atoms. The first-order valence-electron chi connectivity index (χ1n) is 13.6. The fraction of sp³-hybridized carbons (Fsp3) is 0.933. The van der Waals surface area contributed by atoms with Crippen molar-refractivity contribution >= 4 is 0 Å². The molecule has 176 valence electrons. The van der Waals surface area contributed by atoms with Crippen LogP contribution < -0.4 is 0 Å². The third-order valence-electron chi connectivity index (χ3n) is 12.4. The number of hydrogen-bond donors (Lipinski definition) is 1. The molecule has 0 aromatic heterocycles. The van der Waals surface area contributed by atoms with Gasteiger partial charge in [-0.3, -0.25) is 0 Å². The highest BCUT2D eigenvalue weighted by atomic mass is 16.3. The molecule has 0 unspecified atom stereocenters. The number of aliphatic hydroxyl groups is 1. The van der Waals surface area contributed by atoms with E-state index in [0.29, 0.717) is 22.2 Å². The Morgan fingerprint density at radius 2 is 1.48 bits per heavy atom. The second-order valence-corrected chi connectivity index (χ2v) is 15.4. The van der Waals surface area contributed by atoms with Crippen molar-refractivity contribution < 1.29 is 5.11 Å². The molecular formula is C30H50O. The molecule has 0 aromatic rings. The lowest BCUT2D eigenvalue weighted by atomic mass is 9.34. The van der Waals surface area contributed by atoms with Crippen LogP contribution >= 0.6 is 0 Å². The Hall–Kier alpha value is -0.300. The Labute approximate surface area is 192 Å². The van der Waals surface area contributed by atoms with Gasteiger partial charge in [0.25, 0.3) is 0 Å². The smallest absolute Gasteiger partial charge is 0.0587 e. The summed E-state index contributed by atoms with van der Waals surface area (Å²) in [6.07, 6.45) is 15.7. The van der Waals surface area contributed by atoms with Gasteiger partial charge in [0.15, 0.2) is 0 Å². The molecule has 0 aromatic carbocycles. The van der Waals surface area contributed by atoms with Crippen molar-refractivity contribution in [1.29, 1.82) is 0 Å². The van der Waals surface area contributed by atoms with E-state index in [0.717, 1.165) is 18.3 Å². The summed E-state index contributed by atoms with van der Waals surface area (Å²) in [5.74, 6) is 1.99. The summed E-state index contributed by atoms with van der Waals surface area (Å²) in [6.45, 7) is 20.4. The van der Waals surface area contributed by atoms with Gasteiger partial charge in [0.05, 0.1) is 6.10 Å². The van der Waals surface area contributed by atoms with Gasteiger partial charge in [-0.2, -0.15) is 0 Å². The van der Waals surface area contributed by atoms with Crippen molar-refractivity contribution in [3.63, 3.8) is 0 Å². The van der Waals surface area contributed by atoms with Crippen molar-refractivity contribution in [3.8, 4) is 0 Å². The van der Waals surface area contributed by atoms with E-state index in [1.54, 1.807) is 5.57 Å². The van der Waals surface area contributed by atoms with Crippen LogP contribution in [0.3, 0.4) is 0 Å². The maximum atomic E-state index is 11.7. The SMILES string of the molecule is CC1(C)CC[C@]2(C)CC=C3[C@]4(C)C[C@H](O)[C@H]5C(C)(C)CCC[C@]5(C)[C@H]4CC[C@@]3(C)[C@@H]2C1. The second-order valence-electron chi connectivity index (χ2n) is 15.4. The van der Waals surface area contributed by atoms with Gasteiger partial charge >= 0.3 is 0 Å². The highest BCUT2D eigenvalue weighted by Gasteiger charge is 2.67. The highest BCUT2D eigenvalue weighted by Crippen LogP contribution is 2.74. The lowest BCUT2D eigenvalue weighted by Crippen LogP contribution is -2.64. The van der Waals surface area contributed by atoms with Crippen molar-refractivity contribution in [3.05, 3.63) is 11.6 Å². The van der Waals surface area contributed by atoms with E-state index in [-0.39, 0.29) is 22.3 Å². The summed E-state index contributed by atoms with van der Waals surface area (Å²) in [7, 11) is 0. The molecule has 0 aliphatic heterocycles. The minimum Gasteiger partial charge on any atom is -0.393 e. The van der Waals surface area contributed by atoms with Crippen LogP contribution in [0.15, 0.2) is 11.6 Å². The predicted octanol–water partition coefficient (Wildman–Crippen LogP) is 8.17. The van der Waals surface area contributed by atoms with Crippen molar-refractivity contribution in [1.82, 2.24) is 0 Å². The molecule has 1 nitrogen and oxygen atoms in total. The second kappa shape index (κ2) is 6.43. The van der Waals surface area contributed by atoms with Crippen LogP contribution in [-0.2, 0) is 0 Å². The molecule has 31 heavy (non-hydrogen) atoms. The molecule has 0 saturated heterocycles. The fourth-order valence-corrected chi connectivity index (χ4v) is 11.2. The lowest BCUT2D eigenvalue weighted by Gasteiger charge is -2.70. The Morgan fingerprint density at radius 1 is 0.774 bits per heavy atom. The van der Waals surface area contributed by atoms with Crippen LogP contribution in [0.25, 0.3) is 0 Å². The average molecular weight is 427 g/mol. The number of aliphatic hydroxyl groups excluding tert-OH is 1. The minimum atomic E-state index is -0.152. The lowest BCUT2D eigenvalue weighted by molar-refractivity contribution is -0.199. The van der Waals surface area contributed by atoms with Gasteiger partial charge in [-0.15, -0.1) is 0 Å². The van der Waals surface area contributed by atoms with Gasteiger partial charge in [-0.25, -0.2) is 0 Å². The molecule has 0 radical (unpaired) electrons. The predicted molar refractivity (Wildman–Crippen MR) is 131 cm³/mol. The zero-order chi connectivity index (χ0) is 22.7. The maximum absolute atomic E-state index is 11.7. The average Bonchev–Trinajstić information content (AvgIpc) is 2.61. The highest BCUT2D eigenvalue weighted by molar-refractivity contribution is 5.35. The third-order valence-corrected chi connectivity index (χ3v) is 12.4. The molecule has 1 N–H and O–H groups in total. The van der Waals surface area contributed by atoms with Gasteiger partial charge in [-0.05, 0) is 108 Å². The van der Waals surface area contributed by atoms with Gasteiger partial charge < -0.3 is 5.11 Å². The molecule has 5 rings (SSSR count). The number of allylic oxidation sites excluding steroid dienone is 2. The Morgan fingerprint density at radius 3 is 2.19 bits per heavy atom. The maximum Gasteiger partial charge on any atom is 0.0587 e. The molecule has 8 atom stereocenters. The van der Waals surface area contributed by atoms with E-state index in [1.807, 2.05) is 0 Å². The van der Waals surface area contributed by atoms with Gasteiger partial charge in [-0.1, -0.05) is 73.5 Å². The van der Waals surface area contributed by atoms with Gasteiger partial charge in [0, 0.05) is 0 Å². The van der Waals surface area contributed by atoms with Crippen LogP contribution in [0.5, 0.6) is 0 Å². The molecule has 5 aliphatic carbocycles. The molecule has 0 heterocycles. The van der Waals surface area contributed by atoms with Crippen molar-refractivity contribution in [2.24, 2.45) is 50.2 Å². The zero-order valence-electron chi connectivity index (χ0n) is 21.9. The van der Waals surface area contributed by atoms with Crippen LogP contribution in [0.2, 0.25) is 0 Å². The molecule has 1 heteroatoms. The summed E-state index contributed by atoms with van der Waals surface area (Å²) in [5, 5.41) is 11.7. The summed E-state index contributed by atoms with van der Waals surface area (Å²) >= 11 is 0. The quantitative estimate of drug-likeness (QED) is 0.387. The van der Waals surface area contributed by atoms with Crippen molar-refractivity contribution in [2.45, 2.75) is 126 Å². The van der Waals surface area contributed by atoms with Crippen LogP contribution in [0.1, 0.15) is 120 Å². The fourth-order valence-electron chi connectivity index (χ4n) is 11.2. The third kappa shape index (κ3) is 2.90. The molecule has 0 bridgehead atoms. The molecule has 0 amide bonds. The van der Waals surface area contributed by atoms with E-state index >= 15 is 0 Å². The Balaban J connectivity index is 1.59. The first-order valence-corrected chi connectivity index (χ1v) is 13.6. The number of hydrogen-bond acceptors (Lipinski definition) is 1. The van der Waals surface area contributed by atoms with E-state index in [9.17, 15) is 5.11 Å². The zero-order valence-corrected chi connectivity index (χ0v) is 21.9. The molecule has 5 aliphatic rings. The van der Waals surface area contributed by atoms with E-state index in [4.69, 9.17) is 0 Å². The van der Waals surface area contributed by atoms with Crippen LogP contribution in [0.4, 0.5) is 0 Å². The van der Waals surface area contributed by atoms with Gasteiger partial charge in [0.1, 0.15) is 0 Å². The molecular weight excluding hydrogens is 376 g/mol.